The number of aryl methyl sites for hydroxylation is 1. The van der Waals surface area contributed by atoms with Gasteiger partial charge in [0.25, 0.3) is 5.91 Å². The minimum absolute atomic E-state index is 0.404. The normalized spacial score (nSPS) is 13.2. The van der Waals surface area contributed by atoms with Gasteiger partial charge in [0.15, 0.2) is 18.1 Å². The number of carbonyl (C=O) groups excluding carboxylic acids is 2. The lowest BCUT2D eigenvalue weighted by Crippen LogP contribution is -2.22. The Morgan fingerprint density at radius 1 is 0.914 bits per heavy atom. The van der Waals surface area contributed by atoms with Gasteiger partial charge in [0.05, 0.1) is 32.4 Å². The molecule has 1 heterocycles. The molecule has 184 valence electrons. The molecule has 8 nitrogen and oxygen atoms in total. The van der Waals surface area contributed by atoms with Crippen molar-refractivity contribution in [1.29, 1.82) is 0 Å². The van der Waals surface area contributed by atoms with Gasteiger partial charge in [-0.15, -0.1) is 0 Å². The molecule has 0 unspecified atom stereocenters. The number of rotatable bonds is 7. The maximum Gasteiger partial charge on any atom is 0.339 e. The lowest BCUT2D eigenvalue weighted by Gasteiger charge is -2.18. The summed E-state index contributed by atoms with van der Waals surface area (Å²) in [6.07, 6.45) is 5.93. The summed E-state index contributed by atoms with van der Waals surface area (Å²) < 4.78 is 21.5. The van der Waals surface area contributed by atoms with E-state index in [9.17, 15) is 9.59 Å². The van der Waals surface area contributed by atoms with Crippen LogP contribution >= 0.6 is 0 Å². The fourth-order valence-corrected chi connectivity index (χ4v) is 4.51. The largest absolute Gasteiger partial charge is 0.493 e. The Morgan fingerprint density at radius 3 is 2.29 bits per heavy atom. The number of nitrogens with one attached hydrogen (secondary N) is 1. The molecule has 1 aromatic heterocycles. The van der Waals surface area contributed by atoms with Crippen LogP contribution in [0.25, 0.3) is 10.9 Å². The summed E-state index contributed by atoms with van der Waals surface area (Å²) in [5, 5.41) is 3.47. The van der Waals surface area contributed by atoms with Crippen molar-refractivity contribution in [3.8, 4) is 17.2 Å². The van der Waals surface area contributed by atoms with Gasteiger partial charge in [-0.3, -0.25) is 9.78 Å². The molecule has 1 aliphatic carbocycles. The number of carbonyl (C=O) groups is 2. The number of hydrogen-bond donors (Lipinski definition) is 1. The van der Waals surface area contributed by atoms with Gasteiger partial charge in [-0.05, 0) is 37.3 Å². The molecule has 35 heavy (non-hydrogen) atoms. The molecule has 0 saturated carbocycles. The Morgan fingerprint density at radius 2 is 1.60 bits per heavy atom. The zero-order valence-corrected chi connectivity index (χ0v) is 20.3. The van der Waals surface area contributed by atoms with Crippen molar-refractivity contribution in [2.45, 2.75) is 38.5 Å². The molecule has 0 bridgehead atoms. The third-order valence-electron chi connectivity index (χ3n) is 6.16. The van der Waals surface area contributed by atoms with Gasteiger partial charge in [0, 0.05) is 28.9 Å². The van der Waals surface area contributed by atoms with E-state index in [1.165, 1.54) is 21.3 Å². The summed E-state index contributed by atoms with van der Waals surface area (Å²) in [5.41, 5.74) is 3.62. The minimum atomic E-state index is -0.513. The zero-order valence-electron chi connectivity index (χ0n) is 20.3. The van der Waals surface area contributed by atoms with Crippen LogP contribution in [0.4, 0.5) is 5.69 Å². The highest BCUT2D eigenvalue weighted by atomic mass is 16.5. The standard InChI is InChI=1S/C27H30N2O6/c1-32-22-14-17(15-23(33-2)26(22)34-3)28-24(30)16-35-27(31)25-18-10-6-4-5-7-12-20(18)29-21-13-9-8-11-19(21)25/h8-9,11,13-15H,4-7,10,12,16H2,1-3H3,(H,28,30). The number of fused-ring (bicyclic) bond motifs is 2. The minimum Gasteiger partial charge on any atom is -0.493 e. The van der Waals surface area contributed by atoms with Gasteiger partial charge in [0.1, 0.15) is 0 Å². The highest BCUT2D eigenvalue weighted by Gasteiger charge is 2.23. The molecule has 1 amide bonds. The average molecular weight is 479 g/mol. The third-order valence-corrected chi connectivity index (χ3v) is 6.16. The molecular weight excluding hydrogens is 448 g/mol. The second kappa shape index (κ2) is 11.1. The SMILES string of the molecule is COc1cc(NC(=O)COC(=O)c2c3c(nc4ccccc24)CCCCCC3)cc(OC)c1OC. The number of anilines is 1. The number of para-hydroxylation sites is 1. The van der Waals surface area contributed by atoms with Gasteiger partial charge in [-0.25, -0.2) is 4.79 Å². The quantitative estimate of drug-likeness (QED) is 0.491. The Bertz CT molecular complexity index is 1210. The highest BCUT2D eigenvalue weighted by Crippen LogP contribution is 2.40. The van der Waals surface area contributed by atoms with E-state index in [1.54, 1.807) is 12.1 Å². The van der Waals surface area contributed by atoms with Crippen molar-refractivity contribution < 1.29 is 28.5 Å². The smallest absolute Gasteiger partial charge is 0.339 e. The van der Waals surface area contributed by atoms with Crippen LogP contribution in [0.2, 0.25) is 0 Å². The van der Waals surface area contributed by atoms with Gasteiger partial charge in [-0.2, -0.15) is 0 Å². The summed E-state index contributed by atoms with van der Waals surface area (Å²) >= 11 is 0. The molecule has 1 aliphatic rings. The fourth-order valence-electron chi connectivity index (χ4n) is 4.51. The summed E-state index contributed by atoms with van der Waals surface area (Å²) in [6.45, 7) is -0.430. The van der Waals surface area contributed by atoms with E-state index in [0.717, 1.165) is 60.7 Å². The Balaban J connectivity index is 1.54. The predicted octanol–water partition coefficient (Wildman–Crippen LogP) is 4.72. The van der Waals surface area contributed by atoms with Crippen LogP contribution in [0.15, 0.2) is 36.4 Å². The molecule has 0 atom stereocenters. The van der Waals surface area contributed by atoms with Crippen LogP contribution < -0.4 is 19.5 Å². The van der Waals surface area contributed by atoms with E-state index in [4.69, 9.17) is 23.9 Å². The van der Waals surface area contributed by atoms with Crippen molar-refractivity contribution >= 4 is 28.5 Å². The maximum absolute atomic E-state index is 13.3. The molecule has 4 rings (SSSR count). The van der Waals surface area contributed by atoms with Gasteiger partial charge in [0.2, 0.25) is 5.75 Å². The van der Waals surface area contributed by atoms with Crippen molar-refractivity contribution in [3.63, 3.8) is 0 Å². The van der Waals surface area contributed by atoms with Gasteiger partial charge in [-0.1, -0.05) is 31.0 Å². The first-order valence-corrected chi connectivity index (χ1v) is 11.7. The van der Waals surface area contributed by atoms with Crippen molar-refractivity contribution in [2.24, 2.45) is 0 Å². The van der Waals surface area contributed by atoms with Crippen LogP contribution in [-0.2, 0) is 22.4 Å². The maximum atomic E-state index is 13.3. The van der Waals surface area contributed by atoms with Gasteiger partial charge >= 0.3 is 5.97 Å². The Hall–Kier alpha value is -3.81. The summed E-state index contributed by atoms with van der Waals surface area (Å²) in [6, 6.07) is 10.8. The highest BCUT2D eigenvalue weighted by molar-refractivity contribution is 6.06. The molecule has 0 fully saturated rings. The van der Waals surface area contributed by atoms with Crippen molar-refractivity contribution in [1.82, 2.24) is 4.98 Å². The zero-order chi connectivity index (χ0) is 24.8. The second-order valence-electron chi connectivity index (χ2n) is 8.38. The number of nitrogens with zero attached hydrogens (tertiary/aromatic N) is 1. The third kappa shape index (κ3) is 5.31. The van der Waals surface area contributed by atoms with E-state index in [1.807, 2.05) is 24.3 Å². The molecule has 0 aliphatic heterocycles. The molecule has 1 N–H and O–H groups in total. The van der Waals surface area contributed by atoms with Crippen LogP contribution in [-0.4, -0.2) is 44.8 Å². The molecule has 8 heteroatoms. The summed E-state index contributed by atoms with van der Waals surface area (Å²) in [4.78, 5) is 30.8. The predicted molar refractivity (Wildman–Crippen MR) is 133 cm³/mol. The number of hydrogen-bond acceptors (Lipinski definition) is 7. The first-order valence-electron chi connectivity index (χ1n) is 11.7. The van der Waals surface area contributed by atoms with E-state index in [2.05, 4.69) is 5.32 Å². The number of amides is 1. The Labute approximate surface area is 204 Å². The fraction of sp³-hybridized carbons (Fsp3) is 0.370. The number of ether oxygens (including phenoxy) is 4. The topological polar surface area (TPSA) is 96.0 Å². The molecular formula is C27H30N2O6. The molecule has 0 radical (unpaired) electrons. The Kier molecular flexibility index (Phi) is 7.70. The lowest BCUT2D eigenvalue weighted by molar-refractivity contribution is -0.119. The van der Waals surface area contributed by atoms with E-state index in [0.29, 0.717) is 28.5 Å². The first kappa shape index (κ1) is 24.3. The second-order valence-corrected chi connectivity index (χ2v) is 8.38. The van der Waals surface area contributed by atoms with Gasteiger partial charge < -0.3 is 24.3 Å². The number of methoxy groups -OCH3 is 3. The number of aromatic nitrogens is 1. The van der Waals surface area contributed by atoms with E-state index in [-0.39, 0.29) is 0 Å². The van der Waals surface area contributed by atoms with Crippen molar-refractivity contribution in [2.75, 3.05) is 33.3 Å². The lowest BCUT2D eigenvalue weighted by atomic mass is 9.91. The van der Waals surface area contributed by atoms with E-state index >= 15 is 0 Å². The first-order chi connectivity index (χ1) is 17.0. The molecule has 0 spiro atoms. The summed E-state index contributed by atoms with van der Waals surface area (Å²) in [7, 11) is 4.49. The average Bonchev–Trinajstić information content (AvgIpc) is 2.86. The number of benzene rings is 2. The van der Waals surface area contributed by atoms with Crippen molar-refractivity contribution in [3.05, 3.63) is 53.2 Å². The van der Waals surface area contributed by atoms with Crippen LogP contribution in [0.3, 0.4) is 0 Å². The molecule has 0 saturated heterocycles. The van der Waals surface area contributed by atoms with Crippen LogP contribution in [0, 0.1) is 0 Å². The van der Waals surface area contributed by atoms with Crippen LogP contribution in [0.1, 0.15) is 47.3 Å². The van der Waals surface area contributed by atoms with E-state index < -0.39 is 18.5 Å². The molecule has 3 aromatic rings. The monoisotopic (exact) mass is 478 g/mol. The van der Waals surface area contributed by atoms with Crippen LogP contribution in [0.5, 0.6) is 17.2 Å². The summed E-state index contributed by atoms with van der Waals surface area (Å²) in [5.74, 6) is 0.233. The molecule has 2 aromatic carbocycles. The number of esters is 1. The number of pyridine rings is 1.